The van der Waals surface area contributed by atoms with Crippen molar-refractivity contribution in [3.8, 4) is 5.69 Å². The summed E-state index contributed by atoms with van der Waals surface area (Å²) in [6, 6.07) is 14.3. The fraction of sp³-hybridized carbons (Fsp3) is 0.238. The average molecular weight is 426 g/mol. The minimum absolute atomic E-state index is 0.183. The number of carbonyl (C=O) groups is 1. The van der Waals surface area contributed by atoms with Crippen LogP contribution in [0.3, 0.4) is 0 Å². The average Bonchev–Trinajstić information content (AvgIpc) is 3.27. The molecule has 8 nitrogen and oxygen atoms in total. The van der Waals surface area contributed by atoms with E-state index in [9.17, 15) is 13.2 Å². The van der Waals surface area contributed by atoms with Crippen LogP contribution in [0.5, 0.6) is 0 Å². The molecule has 0 aliphatic carbocycles. The molecule has 2 aromatic carbocycles. The molecule has 2 heterocycles. The van der Waals surface area contributed by atoms with Crippen molar-refractivity contribution in [1.29, 1.82) is 0 Å². The van der Waals surface area contributed by atoms with E-state index in [2.05, 4.69) is 10.4 Å². The van der Waals surface area contributed by atoms with Crippen molar-refractivity contribution >= 4 is 21.6 Å². The summed E-state index contributed by atoms with van der Waals surface area (Å²) in [5.74, 6) is -0.365. The van der Waals surface area contributed by atoms with Crippen LogP contribution in [0, 0.1) is 6.92 Å². The first kappa shape index (κ1) is 20.3. The Morgan fingerprint density at radius 2 is 1.83 bits per heavy atom. The molecule has 0 spiro atoms. The van der Waals surface area contributed by atoms with E-state index in [4.69, 9.17) is 4.74 Å². The molecular weight excluding hydrogens is 404 g/mol. The highest BCUT2D eigenvalue weighted by Gasteiger charge is 2.28. The Hall–Kier alpha value is -3.01. The number of nitrogens with one attached hydrogen (secondary N) is 1. The molecule has 1 fully saturated rings. The fourth-order valence-corrected chi connectivity index (χ4v) is 4.91. The Morgan fingerprint density at radius 3 is 2.57 bits per heavy atom. The Kier molecular flexibility index (Phi) is 5.67. The molecule has 9 heteroatoms. The molecule has 1 N–H and O–H groups in total. The number of rotatable bonds is 5. The number of aromatic nitrogens is 2. The summed E-state index contributed by atoms with van der Waals surface area (Å²) in [5.41, 5.74) is 2.24. The van der Waals surface area contributed by atoms with Gasteiger partial charge in [0.2, 0.25) is 10.0 Å². The molecule has 0 saturated carbocycles. The summed E-state index contributed by atoms with van der Waals surface area (Å²) in [6.45, 7) is 3.12. The second-order valence-corrected chi connectivity index (χ2v) is 8.87. The predicted octanol–water partition coefficient (Wildman–Crippen LogP) is 2.45. The van der Waals surface area contributed by atoms with Gasteiger partial charge in [-0.25, -0.2) is 13.1 Å². The number of hydrogen-bond acceptors (Lipinski definition) is 5. The van der Waals surface area contributed by atoms with Crippen molar-refractivity contribution in [2.45, 2.75) is 11.8 Å². The van der Waals surface area contributed by atoms with Gasteiger partial charge >= 0.3 is 0 Å². The maximum absolute atomic E-state index is 13.0. The first-order valence-corrected chi connectivity index (χ1v) is 11.0. The molecule has 1 aliphatic rings. The number of nitrogens with zero attached hydrogens (tertiary/aromatic N) is 3. The smallest absolute Gasteiger partial charge is 0.258 e. The standard InChI is InChI=1S/C21H22N4O4S/c1-16-7-8-18(13-20(16)30(27,28)24-9-11-29-12-10-24)23-21(26)17-14-22-25(15-17)19-5-3-2-4-6-19/h2-8,13-15H,9-12H2,1H3,(H,23,26). The van der Waals surface area contributed by atoms with Crippen LogP contribution in [-0.4, -0.2) is 54.7 Å². The highest BCUT2D eigenvalue weighted by atomic mass is 32.2. The van der Waals surface area contributed by atoms with Gasteiger partial charge in [0.1, 0.15) is 0 Å². The SMILES string of the molecule is Cc1ccc(NC(=O)c2cnn(-c3ccccc3)c2)cc1S(=O)(=O)N1CCOCC1. The van der Waals surface area contributed by atoms with Crippen LogP contribution in [0.15, 0.2) is 65.8 Å². The molecule has 4 rings (SSSR count). The van der Waals surface area contributed by atoms with E-state index in [0.717, 1.165) is 5.69 Å². The second kappa shape index (κ2) is 8.39. The first-order chi connectivity index (χ1) is 14.4. The molecule has 1 aromatic heterocycles. The van der Waals surface area contributed by atoms with Gasteiger partial charge in [0, 0.05) is 25.0 Å². The minimum atomic E-state index is -3.66. The van der Waals surface area contributed by atoms with E-state index >= 15 is 0 Å². The monoisotopic (exact) mass is 426 g/mol. The summed E-state index contributed by atoms with van der Waals surface area (Å²) in [7, 11) is -3.66. The van der Waals surface area contributed by atoms with E-state index in [0.29, 0.717) is 43.1 Å². The van der Waals surface area contributed by atoms with Gasteiger partial charge in [0.15, 0.2) is 0 Å². The van der Waals surface area contributed by atoms with Gasteiger partial charge in [-0.15, -0.1) is 0 Å². The largest absolute Gasteiger partial charge is 0.379 e. The Labute approximate surface area is 175 Å². The van der Waals surface area contributed by atoms with Crippen LogP contribution >= 0.6 is 0 Å². The van der Waals surface area contributed by atoms with Crippen molar-refractivity contribution in [3.05, 3.63) is 72.1 Å². The zero-order chi connectivity index (χ0) is 21.1. The normalized spacial score (nSPS) is 15.1. The molecule has 0 bridgehead atoms. The zero-order valence-corrected chi connectivity index (χ0v) is 17.3. The molecule has 156 valence electrons. The maximum atomic E-state index is 13.0. The molecule has 1 saturated heterocycles. The number of anilines is 1. The lowest BCUT2D eigenvalue weighted by Gasteiger charge is -2.26. The fourth-order valence-electron chi connectivity index (χ4n) is 3.25. The molecular formula is C21H22N4O4S. The quantitative estimate of drug-likeness (QED) is 0.676. The van der Waals surface area contributed by atoms with Crippen molar-refractivity contribution in [2.75, 3.05) is 31.6 Å². The summed E-state index contributed by atoms with van der Waals surface area (Å²) in [6.07, 6.45) is 3.10. The minimum Gasteiger partial charge on any atom is -0.379 e. The summed E-state index contributed by atoms with van der Waals surface area (Å²) in [5, 5.41) is 6.99. The predicted molar refractivity (Wildman–Crippen MR) is 112 cm³/mol. The third-order valence-electron chi connectivity index (χ3n) is 4.90. The maximum Gasteiger partial charge on any atom is 0.258 e. The number of aryl methyl sites for hydroxylation is 1. The van der Waals surface area contributed by atoms with Gasteiger partial charge in [0.05, 0.1) is 35.6 Å². The number of morpholine rings is 1. The van der Waals surface area contributed by atoms with Crippen LogP contribution in [-0.2, 0) is 14.8 Å². The topological polar surface area (TPSA) is 93.5 Å². The molecule has 0 atom stereocenters. The van der Waals surface area contributed by atoms with E-state index in [1.165, 1.54) is 16.6 Å². The van der Waals surface area contributed by atoms with Crippen molar-refractivity contribution in [3.63, 3.8) is 0 Å². The number of sulfonamides is 1. The molecule has 0 unspecified atom stereocenters. The lowest BCUT2D eigenvalue weighted by molar-refractivity contribution is 0.0730. The number of para-hydroxylation sites is 1. The van der Waals surface area contributed by atoms with Gasteiger partial charge in [-0.05, 0) is 36.8 Å². The number of hydrogen-bond donors (Lipinski definition) is 1. The number of ether oxygens (including phenoxy) is 1. The number of benzene rings is 2. The van der Waals surface area contributed by atoms with Crippen LogP contribution in [0.4, 0.5) is 5.69 Å². The van der Waals surface area contributed by atoms with Crippen LogP contribution in [0.2, 0.25) is 0 Å². The van der Waals surface area contributed by atoms with Crippen LogP contribution in [0.1, 0.15) is 15.9 Å². The summed E-state index contributed by atoms with van der Waals surface area (Å²) < 4.78 is 34.3. The first-order valence-electron chi connectivity index (χ1n) is 9.55. The summed E-state index contributed by atoms with van der Waals surface area (Å²) >= 11 is 0. The number of carbonyl (C=O) groups excluding carboxylic acids is 1. The van der Waals surface area contributed by atoms with E-state index < -0.39 is 10.0 Å². The summed E-state index contributed by atoms with van der Waals surface area (Å²) in [4.78, 5) is 12.8. The molecule has 1 amide bonds. The van der Waals surface area contributed by atoms with Gasteiger partial charge in [-0.3, -0.25) is 4.79 Å². The van der Waals surface area contributed by atoms with Gasteiger partial charge in [-0.1, -0.05) is 24.3 Å². The Bertz CT molecular complexity index is 1150. The molecule has 3 aromatic rings. The lowest BCUT2D eigenvalue weighted by Crippen LogP contribution is -2.40. The molecule has 0 radical (unpaired) electrons. The van der Waals surface area contributed by atoms with E-state index in [1.807, 2.05) is 30.3 Å². The lowest BCUT2D eigenvalue weighted by atomic mass is 10.2. The highest BCUT2D eigenvalue weighted by Crippen LogP contribution is 2.24. The molecule has 1 aliphatic heterocycles. The van der Waals surface area contributed by atoms with Gasteiger partial charge < -0.3 is 10.1 Å². The third kappa shape index (κ3) is 4.13. The van der Waals surface area contributed by atoms with Crippen molar-refractivity contribution in [2.24, 2.45) is 0 Å². The zero-order valence-electron chi connectivity index (χ0n) is 16.5. The number of amides is 1. The van der Waals surface area contributed by atoms with Crippen molar-refractivity contribution in [1.82, 2.24) is 14.1 Å². The van der Waals surface area contributed by atoms with Gasteiger partial charge in [-0.2, -0.15) is 9.40 Å². The van der Waals surface area contributed by atoms with Crippen LogP contribution < -0.4 is 5.32 Å². The van der Waals surface area contributed by atoms with Crippen LogP contribution in [0.25, 0.3) is 5.69 Å². The Balaban J connectivity index is 1.55. The Morgan fingerprint density at radius 1 is 1.10 bits per heavy atom. The second-order valence-electron chi connectivity index (χ2n) is 6.96. The third-order valence-corrected chi connectivity index (χ3v) is 6.94. The van der Waals surface area contributed by atoms with Gasteiger partial charge in [0.25, 0.3) is 5.91 Å². The molecule has 30 heavy (non-hydrogen) atoms. The van der Waals surface area contributed by atoms with E-state index in [1.54, 1.807) is 29.9 Å². The van der Waals surface area contributed by atoms with E-state index in [-0.39, 0.29) is 10.8 Å². The highest BCUT2D eigenvalue weighted by molar-refractivity contribution is 7.89. The van der Waals surface area contributed by atoms with Crippen molar-refractivity contribution < 1.29 is 17.9 Å².